The molecule has 0 aromatic heterocycles. The number of nitriles is 1. The fourth-order valence-electron chi connectivity index (χ4n) is 1.91. The number of nitrogens with zero attached hydrogens (tertiary/aromatic N) is 1. The molecule has 0 heterocycles. The van der Waals surface area contributed by atoms with E-state index in [0.717, 1.165) is 0 Å². The van der Waals surface area contributed by atoms with Gasteiger partial charge in [0, 0.05) is 17.7 Å². The second-order valence-electron chi connectivity index (χ2n) is 4.55. The van der Waals surface area contributed by atoms with Gasteiger partial charge in [0.25, 0.3) is 0 Å². The molecular weight excluding hydrogens is 271 g/mol. The molecule has 0 unspecified atom stereocenters. The van der Waals surface area contributed by atoms with Gasteiger partial charge >= 0.3 is 0 Å². The third-order valence-electron chi connectivity index (χ3n) is 2.98. The molecule has 0 fully saturated rings. The van der Waals surface area contributed by atoms with Crippen LogP contribution in [0, 0.1) is 17.1 Å². The third kappa shape index (κ3) is 3.30. The van der Waals surface area contributed by atoms with Crippen LogP contribution in [-0.2, 0) is 0 Å². The van der Waals surface area contributed by atoms with Crippen molar-refractivity contribution in [2.45, 2.75) is 13.0 Å². The van der Waals surface area contributed by atoms with Gasteiger partial charge in [-0.2, -0.15) is 5.26 Å². The predicted octanol–water partition coefficient (Wildman–Crippen LogP) is 3.52. The zero-order chi connectivity index (χ0) is 15.4. The van der Waals surface area contributed by atoms with Crippen molar-refractivity contribution in [3.63, 3.8) is 0 Å². The molecule has 1 atom stereocenters. The summed E-state index contributed by atoms with van der Waals surface area (Å²) in [6, 6.07) is 10.6. The van der Waals surface area contributed by atoms with Crippen LogP contribution < -0.4 is 15.2 Å². The van der Waals surface area contributed by atoms with Crippen molar-refractivity contribution in [3.05, 3.63) is 53.3 Å². The highest BCUT2D eigenvalue weighted by atomic mass is 19.1. The predicted molar refractivity (Wildman–Crippen MR) is 76.8 cm³/mol. The molecule has 0 amide bonds. The Morgan fingerprint density at radius 2 is 1.86 bits per heavy atom. The van der Waals surface area contributed by atoms with Crippen LogP contribution in [0.3, 0.4) is 0 Å². The van der Waals surface area contributed by atoms with Crippen molar-refractivity contribution in [2.24, 2.45) is 5.73 Å². The molecule has 0 spiro atoms. The quantitative estimate of drug-likeness (QED) is 0.933. The van der Waals surface area contributed by atoms with Crippen LogP contribution in [0.5, 0.6) is 17.2 Å². The summed E-state index contributed by atoms with van der Waals surface area (Å²) in [6.07, 6.45) is 0. The molecule has 108 valence electrons. The Labute approximate surface area is 122 Å². The fraction of sp³-hybridized carbons (Fsp3) is 0.188. The minimum absolute atomic E-state index is 0.374. The number of nitrogens with two attached hydrogens (primary N) is 1. The molecule has 0 saturated heterocycles. The van der Waals surface area contributed by atoms with Gasteiger partial charge in [0.2, 0.25) is 0 Å². The van der Waals surface area contributed by atoms with Crippen molar-refractivity contribution in [1.29, 1.82) is 5.26 Å². The lowest BCUT2D eigenvalue weighted by atomic mass is 10.1. The first kappa shape index (κ1) is 14.8. The smallest absolute Gasteiger partial charge is 0.169 e. The molecule has 0 aliphatic rings. The molecule has 4 nitrogen and oxygen atoms in total. The Hall–Kier alpha value is -2.58. The number of hydrogen-bond acceptors (Lipinski definition) is 4. The first-order chi connectivity index (χ1) is 10.0. The summed E-state index contributed by atoms with van der Waals surface area (Å²) in [6.45, 7) is 1.75. The Morgan fingerprint density at radius 3 is 2.48 bits per heavy atom. The maximum Gasteiger partial charge on any atom is 0.169 e. The Morgan fingerprint density at radius 1 is 1.14 bits per heavy atom. The lowest BCUT2D eigenvalue weighted by Gasteiger charge is -2.15. The van der Waals surface area contributed by atoms with Crippen LogP contribution in [-0.4, -0.2) is 7.11 Å². The van der Waals surface area contributed by atoms with Gasteiger partial charge in [-0.15, -0.1) is 0 Å². The summed E-state index contributed by atoms with van der Waals surface area (Å²) >= 11 is 0. The maximum absolute atomic E-state index is 13.3. The highest BCUT2D eigenvalue weighted by molar-refractivity contribution is 5.49. The molecule has 0 saturated carbocycles. The Kier molecular flexibility index (Phi) is 4.41. The van der Waals surface area contributed by atoms with Gasteiger partial charge in [-0.05, 0) is 37.3 Å². The van der Waals surface area contributed by atoms with Crippen LogP contribution >= 0.6 is 0 Å². The summed E-state index contributed by atoms with van der Waals surface area (Å²) in [5.41, 5.74) is 6.85. The lowest BCUT2D eigenvalue weighted by Crippen LogP contribution is -2.07. The zero-order valence-electron chi connectivity index (χ0n) is 11.8. The van der Waals surface area contributed by atoms with E-state index in [1.165, 1.54) is 25.3 Å². The van der Waals surface area contributed by atoms with Crippen molar-refractivity contribution >= 4 is 0 Å². The molecule has 0 radical (unpaired) electrons. The maximum atomic E-state index is 13.3. The van der Waals surface area contributed by atoms with Crippen LogP contribution in [0.2, 0.25) is 0 Å². The summed E-state index contributed by atoms with van der Waals surface area (Å²) in [4.78, 5) is 0. The lowest BCUT2D eigenvalue weighted by molar-refractivity contribution is 0.376. The number of rotatable bonds is 4. The largest absolute Gasteiger partial charge is 0.493 e. The minimum atomic E-state index is -0.375. The van der Waals surface area contributed by atoms with E-state index in [2.05, 4.69) is 0 Å². The van der Waals surface area contributed by atoms with Crippen molar-refractivity contribution < 1.29 is 13.9 Å². The molecule has 5 heteroatoms. The van der Waals surface area contributed by atoms with Crippen molar-refractivity contribution in [2.75, 3.05) is 7.11 Å². The summed E-state index contributed by atoms with van der Waals surface area (Å²) in [7, 11) is 1.49. The number of hydrogen-bond donors (Lipinski definition) is 1. The topological polar surface area (TPSA) is 68.3 Å². The standard InChI is InChI=1S/C16H15FN2O2/c1-10(19)13-8-12(17)4-6-14(13)21-15-5-3-11(9-18)7-16(15)20-2/h3-8,10H,19H2,1-2H3/t10-/m1/s1. The first-order valence-corrected chi connectivity index (χ1v) is 6.36. The molecular formula is C16H15FN2O2. The Bertz CT molecular complexity index is 693. The van der Waals surface area contributed by atoms with Gasteiger partial charge in [-0.1, -0.05) is 0 Å². The first-order valence-electron chi connectivity index (χ1n) is 6.36. The number of halogens is 1. The van der Waals surface area contributed by atoms with Crippen LogP contribution in [0.25, 0.3) is 0 Å². The average Bonchev–Trinajstić information content (AvgIpc) is 2.49. The normalized spacial score (nSPS) is 11.6. The van der Waals surface area contributed by atoms with Crippen LogP contribution in [0.4, 0.5) is 4.39 Å². The van der Waals surface area contributed by atoms with E-state index in [9.17, 15) is 4.39 Å². The summed E-state index contributed by atoms with van der Waals surface area (Å²) in [5.74, 6) is 0.940. The molecule has 2 aromatic rings. The van der Waals surface area contributed by atoms with E-state index >= 15 is 0 Å². The van der Waals surface area contributed by atoms with Gasteiger partial charge in [0.15, 0.2) is 11.5 Å². The van der Waals surface area contributed by atoms with Crippen molar-refractivity contribution in [3.8, 4) is 23.3 Å². The molecule has 0 aliphatic carbocycles. The van der Waals surface area contributed by atoms with Crippen LogP contribution in [0.15, 0.2) is 36.4 Å². The molecule has 2 N–H and O–H groups in total. The van der Waals surface area contributed by atoms with E-state index in [1.807, 2.05) is 6.07 Å². The van der Waals surface area contributed by atoms with Crippen LogP contribution in [0.1, 0.15) is 24.1 Å². The average molecular weight is 286 g/mol. The zero-order valence-corrected chi connectivity index (χ0v) is 11.8. The van der Waals surface area contributed by atoms with E-state index in [-0.39, 0.29) is 11.9 Å². The second-order valence-corrected chi connectivity index (χ2v) is 4.55. The van der Waals surface area contributed by atoms with E-state index in [1.54, 1.807) is 25.1 Å². The SMILES string of the molecule is COc1cc(C#N)ccc1Oc1ccc(F)cc1[C@@H](C)N. The van der Waals surface area contributed by atoms with Crippen molar-refractivity contribution in [1.82, 2.24) is 0 Å². The van der Waals surface area contributed by atoms with Gasteiger partial charge in [0.05, 0.1) is 18.7 Å². The molecule has 2 rings (SSSR count). The fourth-order valence-corrected chi connectivity index (χ4v) is 1.91. The second kappa shape index (κ2) is 6.25. The number of benzene rings is 2. The molecule has 2 aromatic carbocycles. The van der Waals surface area contributed by atoms with E-state index in [4.69, 9.17) is 20.5 Å². The summed E-state index contributed by atoms with van der Waals surface area (Å²) < 4.78 is 24.3. The number of ether oxygens (including phenoxy) is 2. The highest BCUT2D eigenvalue weighted by Gasteiger charge is 2.13. The minimum Gasteiger partial charge on any atom is -0.493 e. The number of methoxy groups -OCH3 is 1. The Balaban J connectivity index is 2.41. The van der Waals surface area contributed by atoms with Gasteiger partial charge in [-0.25, -0.2) is 4.39 Å². The monoisotopic (exact) mass is 286 g/mol. The molecule has 0 aliphatic heterocycles. The molecule has 21 heavy (non-hydrogen) atoms. The molecule has 0 bridgehead atoms. The van der Waals surface area contributed by atoms with Gasteiger partial charge < -0.3 is 15.2 Å². The highest BCUT2D eigenvalue weighted by Crippen LogP contribution is 2.35. The third-order valence-corrected chi connectivity index (χ3v) is 2.98. The van der Waals surface area contributed by atoms with Gasteiger partial charge in [0.1, 0.15) is 11.6 Å². The summed E-state index contributed by atoms with van der Waals surface area (Å²) in [5, 5.41) is 8.88. The van der Waals surface area contributed by atoms with Gasteiger partial charge in [-0.3, -0.25) is 0 Å². The van der Waals surface area contributed by atoms with E-state index in [0.29, 0.717) is 28.4 Å². The van der Waals surface area contributed by atoms with E-state index < -0.39 is 0 Å².